The molecule has 1 aliphatic heterocycles. The maximum Gasteiger partial charge on any atom is 0.428 e. The van der Waals surface area contributed by atoms with Gasteiger partial charge in [-0.3, -0.25) is 10.3 Å². The average molecular weight is 453 g/mol. The second-order valence-corrected chi connectivity index (χ2v) is 6.92. The number of halogens is 6. The highest BCUT2D eigenvalue weighted by molar-refractivity contribution is 9.08. The molecule has 1 aliphatic rings. The topological polar surface area (TPSA) is 21.3 Å². The molecule has 0 spiro atoms. The molecule has 0 fully saturated rings. The van der Waals surface area contributed by atoms with E-state index >= 15 is 0 Å². The normalized spacial score (nSPS) is 20.3. The maximum atomic E-state index is 13.9. The zero-order chi connectivity index (χ0) is 18.2. The molecule has 2 nitrogen and oxygen atoms in total. The molecule has 1 unspecified atom stereocenters. The lowest BCUT2D eigenvalue weighted by Gasteiger charge is -2.28. The summed E-state index contributed by atoms with van der Waals surface area (Å²) in [6.45, 7) is 0. The van der Waals surface area contributed by atoms with Gasteiger partial charge in [-0.1, -0.05) is 63.4 Å². The van der Waals surface area contributed by atoms with Gasteiger partial charge in [-0.2, -0.15) is 13.2 Å². The van der Waals surface area contributed by atoms with Crippen molar-refractivity contribution in [1.82, 2.24) is 5.48 Å². The van der Waals surface area contributed by atoms with Gasteiger partial charge < -0.3 is 0 Å². The molecule has 1 atom stereocenters. The van der Waals surface area contributed by atoms with Crippen molar-refractivity contribution in [1.29, 1.82) is 0 Å². The third-order valence-corrected chi connectivity index (χ3v) is 4.89. The molecule has 0 bridgehead atoms. The molecule has 0 saturated heterocycles. The number of benzene rings is 2. The van der Waals surface area contributed by atoms with E-state index in [1.54, 1.807) is 12.1 Å². The van der Waals surface area contributed by atoms with Crippen LogP contribution in [0.15, 0.2) is 48.5 Å². The highest BCUT2D eigenvalue weighted by Gasteiger charge is 2.59. The fourth-order valence-electron chi connectivity index (χ4n) is 2.53. The van der Waals surface area contributed by atoms with Gasteiger partial charge in [0.1, 0.15) is 0 Å². The van der Waals surface area contributed by atoms with Crippen LogP contribution in [-0.2, 0) is 15.8 Å². The summed E-state index contributed by atoms with van der Waals surface area (Å²) in [6, 6.07) is 10.8. The molecule has 1 heterocycles. The largest absolute Gasteiger partial charge is 0.428 e. The van der Waals surface area contributed by atoms with E-state index in [-0.39, 0.29) is 21.3 Å². The lowest BCUT2D eigenvalue weighted by molar-refractivity contribution is -0.269. The van der Waals surface area contributed by atoms with Crippen LogP contribution in [0, 0.1) is 0 Å². The molecular formula is C17H11BrCl2F3NO. The lowest BCUT2D eigenvalue weighted by Crippen LogP contribution is -2.42. The summed E-state index contributed by atoms with van der Waals surface area (Å²) in [5, 5.41) is 0.848. The minimum atomic E-state index is -4.72. The first-order valence-electron chi connectivity index (χ1n) is 7.10. The number of rotatable bonds is 3. The van der Waals surface area contributed by atoms with Gasteiger partial charge in [0.15, 0.2) is 0 Å². The SMILES string of the molecule is FC(F)(F)C1(c2cc(Cl)cc(Cl)c2)C=C(c2ccc(CBr)cc2)NO1. The molecule has 25 heavy (non-hydrogen) atoms. The zero-order valence-electron chi connectivity index (χ0n) is 12.5. The fourth-order valence-corrected chi connectivity index (χ4v) is 3.43. The number of nitrogens with one attached hydrogen (secondary N) is 1. The predicted octanol–water partition coefficient (Wildman–Crippen LogP) is 6.22. The van der Waals surface area contributed by atoms with Gasteiger partial charge in [0.25, 0.3) is 0 Å². The second-order valence-electron chi connectivity index (χ2n) is 5.48. The zero-order valence-corrected chi connectivity index (χ0v) is 15.6. The molecule has 2 aromatic carbocycles. The Morgan fingerprint density at radius 3 is 2.16 bits per heavy atom. The fraction of sp³-hybridized carbons (Fsp3) is 0.176. The first-order valence-corrected chi connectivity index (χ1v) is 8.98. The van der Waals surface area contributed by atoms with Crippen molar-refractivity contribution in [2.75, 3.05) is 0 Å². The highest BCUT2D eigenvalue weighted by Crippen LogP contribution is 2.48. The van der Waals surface area contributed by atoms with Crippen molar-refractivity contribution in [2.45, 2.75) is 17.1 Å². The van der Waals surface area contributed by atoms with Crippen LogP contribution in [0.2, 0.25) is 10.0 Å². The molecule has 0 aliphatic carbocycles. The van der Waals surface area contributed by atoms with Crippen LogP contribution in [0.5, 0.6) is 0 Å². The molecular weight excluding hydrogens is 442 g/mol. The molecule has 0 aromatic heterocycles. The van der Waals surface area contributed by atoms with E-state index in [1.165, 1.54) is 18.2 Å². The maximum absolute atomic E-state index is 13.9. The second kappa shape index (κ2) is 6.83. The summed E-state index contributed by atoms with van der Waals surface area (Å²) in [7, 11) is 0. The minimum Gasteiger partial charge on any atom is -0.265 e. The van der Waals surface area contributed by atoms with Gasteiger partial charge >= 0.3 is 6.18 Å². The van der Waals surface area contributed by atoms with Gasteiger partial charge in [-0.05, 0) is 35.4 Å². The molecule has 3 rings (SSSR count). The lowest BCUT2D eigenvalue weighted by atomic mass is 9.91. The van der Waals surface area contributed by atoms with Crippen LogP contribution in [0.4, 0.5) is 13.2 Å². The third kappa shape index (κ3) is 3.53. The number of hydrogen-bond donors (Lipinski definition) is 1. The van der Waals surface area contributed by atoms with Crippen LogP contribution < -0.4 is 5.48 Å². The van der Waals surface area contributed by atoms with Gasteiger partial charge in [-0.15, -0.1) is 0 Å². The first-order chi connectivity index (χ1) is 11.7. The van der Waals surface area contributed by atoms with Crippen LogP contribution in [0.1, 0.15) is 16.7 Å². The van der Waals surface area contributed by atoms with Crippen LogP contribution in [-0.4, -0.2) is 6.18 Å². The Balaban J connectivity index is 2.10. The van der Waals surface area contributed by atoms with E-state index in [9.17, 15) is 13.2 Å². The minimum absolute atomic E-state index is 0.0956. The number of hydroxylamine groups is 1. The Hall–Kier alpha value is -1.21. The molecule has 1 N–H and O–H groups in total. The Labute approximate surface area is 160 Å². The van der Waals surface area contributed by atoms with E-state index in [4.69, 9.17) is 28.0 Å². The molecule has 2 aromatic rings. The summed E-state index contributed by atoms with van der Waals surface area (Å²) >= 11 is 15.1. The summed E-state index contributed by atoms with van der Waals surface area (Å²) < 4.78 is 41.6. The highest BCUT2D eigenvalue weighted by atomic mass is 79.9. The van der Waals surface area contributed by atoms with E-state index in [0.29, 0.717) is 10.9 Å². The van der Waals surface area contributed by atoms with E-state index in [0.717, 1.165) is 11.6 Å². The quantitative estimate of drug-likeness (QED) is 0.558. The van der Waals surface area contributed by atoms with Crippen LogP contribution >= 0.6 is 39.1 Å². The van der Waals surface area contributed by atoms with Crippen molar-refractivity contribution >= 4 is 44.8 Å². The standard InChI is InChI=1S/C17H11BrCl2F3NO/c18-9-10-1-3-11(4-2-10)15-8-16(25-24-15,17(21,22)23)12-5-13(19)7-14(20)6-12/h1-8,24H,9H2. The van der Waals surface area contributed by atoms with Crippen molar-refractivity contribution in [2.24, 2.45) is 0 Å². The van der Waals surface area contributed by atoms with Gasteiger partial charge in [-0.25, -0.2) is 0 Å². The molecule has 8 heteroatoms. The Bertz CT molecular complexity index is 803. The molecule has 0 radical (unpaired) electrons. The Morgan fingerprint density at radius 1 is 1.04 bits per heavy atom. The smallest absolute Gasteiger partial charge is 0.265 e. The van der Waals surface area contributed by atoms with E-state index in [2.05, 4.69) is 21.4 Å². The number of hydrogen-bond acceptors (Lipinski definition) is 2. The van der Waals surface area contributed by atoms with Gasteiger partial charge in [0.05, 0.1) is 5.70 Å². The monoisotopic (exact) mass is 451 g/mol. The van der Waals surface area contributed by atoms with Crippen molar-refractivity contribution < 1.29 is 18.0 Å². The molecule has 132 valence electrons. The van der Waals surface area contributed by atoms with Gasteiger partial charge in [0.2, 0.25) is 5.60 Å². The molecule has 0 amide bonds. The van der Waals surface area contributed by atoms with Crippen LogP contribution in [0.3, 0.4) is 0 Å². The van der Waals surface area contributed by atoms with E-state index < -0.39 is 11.8 Å². The van der Waals surface area contributed by atoms with Crippen molar-refractivity contribution in [3.8, 4) is 0 Å². The Kier molecular flexibility index (Phi) is 5.08. The van der Waals surface area contributed by atoms with Crippen molar-refractivity contribution in [3.63, 3.8) is 0 Å². The van der Waals surface area contributed by atoms with Crippen molar-refractivity contribution in [3.05, 3.63) is 75.3 Å². The predicted molar refractivity (Wildman–Crippen MR) is 95.5 cm³/mol. The van der Waals surface area contributed by atoms with Gasteiger partial charge in [0, 0.05) is 20.9 Å². The Morgan fingerprint density at radius 2 is 1.64 bits per heavy atom. The third-order valence-electron chi connectivity index (χ3n) is 3.80. The molecule has 0 saturated carbocycles. The van der Waals surface area contributed by atoms with Crippen LogP contribution in [0.25, 0.3) is 5.70 Å². The first kappa shape index (κ1) is 18.6. The number of alkyl halides is 4. The summed E-state index contributed by atoms with van der Waals surface area (Å²) in [4.78, 5) is 5.03. The summed E-state index contributed by atoms with van der Waals surface area (Å²) in [6.07, 6.45) is -3.72. The summed E-state index contributed by atoms with van der Waals surface area (Å²) in [5.41, 5.74) is 1.31. The average Bonchev–Trinajstić information content (AvgIpc) is 3.00. The van der Waals surface area contributed by atoms with E-state index in [1.807, 2.05) is 12.1 Å². The summed E-state index contributed by atoms with van der Waals surface area (Å²) in [5.74, 6) is 0.